The second-order valence-electron chi connectivity index (χ2n) is 8.25. The van der Waals surface area contributed by atoms with Gasteiger partial charge in [0.25, 0.3) is 0 Å². The number of thiazole rings is 1. The van der Waals surface area contributed by atoms with Crippen molar-refractivity contribution in [3.8, 4) is 0 Å². The van der Waals surface area contributed by atoms with Gasteiger partial charge in [0.2, 0.25) is 15.9 Å². The van der Waals surface area contributed by atoms with Crippen LogP contribution in [0.1, 0.15) is 23.7 Å². The molecule has 0 spiro atoms. The van der Waals surface area contributed by atoms with Crippen LogP contribution < -0.4 is 4.90 Å². The molecule has 34 heavy (non-hydrogen) atoms. The normalized spacial score (nSPS) is 15.6. The second-order valence-corrected chi connectivity index (χ2v) is 10.9. The average Bonchev–Trinajstić information content (AvgIpc) is 3.26. The zero-order valence-corrected chi connectivity index (χ0v) is 20.9. The molecule has 1 fully saturated rings. The Labute approximate surface area is 205 Å². The number of sulfonamides is 1. The largest absolute Gasteiger partial charge is 0.295 e. The maximum absolute atomic E-state index is 12.7. The van der Waals surface area contributed by atoms with Gasteiger partial charge in [0.1, 0.15) is 0 Å². The minimum Gasteiger partial charge on any atom is -0.295 e. The molecule has 0 bridgehead atoms. The topological polar surface area (TPSA) is 73.8 Å². The predicted molar refractivity (Wildman–Crippen MR) is 137 cm³/mol. The van der Waals surface area contributed by atoms with Crippen molar-refractivity contribution >= 4 is 44.2 Å². The number of hydrogen-bond acceptors (Lipinski definition) is 6. The highest BCUT2D eigenvalue weighted by atomic mass is 32.2. The van der Waals surface area contributed by atoms with Gasteiger partial charge in [0.15, 0.2) is 5.13 Å². The molecule has 0 N–H and O–H groups in total. The van der Waals surface area contributed by atoms with Crippen LogP contribution in [0.25, 0.3) is 6.08 Å². The standard InChI is InChI=1S/C25H28N4O3S2/c1-20-7-6-10-24(17-20)29(21(2)30)25-26-23(19-33-25)18-27-12-14-28(15-13-27)34(31,32)16-11-22-8-4-3-5-9-22/h3-11,16-17,19H,12-15,18H2,1-2H3. The predicted octanol–water partition coefficient (Wildman–Crippen LogP) is 4.25. The maximum Gasteiger partial charge on any atom is 0.236 e. The smallest absolute Gasteiger partial charge is 0.236 e. The molecule has 2 heterocycles. The monoisotopic (exact) mass is 496 g/mol. The molecule has 0 saturated carbocycles. The zero-order chi connectivity index (χ0) is 24.1. The summed E-state index contributed by atoms with van der Waals surface area (Å²) in [7, 11) is -3.46. The maximum atomic E-state index is 12.7. The molecule has 2 aromatic carbocycles. The molecule has 178 valence electrons. The summed E-state index contributed by atoms with van der Waals surface area (Å²) in [5, 5.41) is 3.89. The highest BCUT2D eigenvalue weighted by molar-refractivity contribution is 7.92. The van der Waals surface area contributed by atoms with Gasteiger partial charge in [-0.3, -0.25) is 14.6 Å². The van der Waals surface area contributed by atoms with E-state index in [1.165, 1.54) is 28.0 Å². The molecule has 9 heteroatoms. The first-order valence-corrected chi connectivity index (χ1v) is 13.5. The number of piperazine rings is 1. The molecular formula is C25H28N4O3S2. The summed E-state index contributed by atoms with van der Waals surface area (Å²) in [6.07, 6.45) is 1.63. The SMILES string of the molecule is CC(=O)N(c1cccc(C)c1)c1nc(CN2CCN(S(=O)(=O)C=Cc3ccccc3)CC2)cs1. The van der Waals surface area contributed by atoms with Crippen molar-refractivity contribution in [1.29, 1.82) is 0 Å². The number of nitrogens with zero attached hydrogens (tertiary/aromatic N) is 4. The van der Waals surface area contributed by atoms with Crippen molar-refractivity contribution in [3.63, 3.8) is 0 Å². The van der Waals surface area contributed by atoms with Gasteiger partial charge in [0, 0.05) is 50.4 Å². The minimum atomic E-state index is -3.46. The molecule has 4 rings (SSSR count). The first kappa shape index (κ1) is 24.3. The summed E-state index contributed by atoms with van der Waals surface area (Å²) in [5.41, 5.74) is 3.61. The van der Waals surface area contributed by atoms with E-state index in [-0.39, 0.29) is 5.91 Å². The van der Waals surface area contributed by atoms with Crippen molar-refractivity contribution < 1.29 is 13.2 Å². The van der Waals surface area contributed by atoms with E-state index in [1.807, 2.05) is 66.9 Å². The minimum absolute atomic E-state index is 0.0890. The Morgan fingerprint density at radius 1 is 1.09 bits per heavy atom. The lowest BCUT2D eigenvalue weighted by Crippen LogP contribution is -2.47. The van der Waals surface area contributed by atoms with Gasteiger partial charge in [-0.25, -0.2) is 13.4 Å². The highest BCUT2D eigenvalue weighted by Crippen LogP contribution is 2.30. The molecule has 1 saturated heterocycles. The van der Waals surface area contributed by atoms with Gasteiger partial charge in [-0.1, -0.05) is 42.5 Å². The fourth-order valence-corrected chi connectivity index (χ4v) is 5.90. The number of amides is 1. The molecule has 0 aliphatic carbocycles. The van der Waals surface area contributed by atoms with Crippen LogP contribution in [0.15, 0.2) is 65.4 Å². The Bertz CT molecular complexity index is 1260. The van der Waals surface area contributed by atoms with Crippen molar-refractivity contribution in [2.45, 2.75) is 20.4 Å². The van der Waals surface area contributed by atoms with E-state index in [2.05, 4.69) is 4.90 Å². The highest BCUT2D eigenvalue weighted by Gasteiger charge is 2.26. The molecule has 1 amide bonds. The molecule has 1 aliphatic heterocycles. The van der Waals surface area contributed by atoms with Crippen LogP contribution in [-0.2, 0) is 21.4 Å². The molecule has 1 aliphatic rings. The fraction of sp³-hybridized carbons (Fsp3) is 0.280. The van der Waals surface area contributed by atoms with E-state index in [0.29, 0.717) is 37.9 Å². The molecule has 1 aromatic heterocycles. The third kappa shape index (κ3) is 5.98. The van der Waals surface area contributed by atoms with Crippen LogP contribution in [0.4, 0.5) is 10.8 Å². The lowest BCUT2D eigenvalue weighted by atomic mass is 10.2. The van der Waals surface area contributed by atoms with Gasteiger partial charge in [-0.2, -0.15) is 4.31 Å². The summed E-state index contributed by atoms with van der Waals surface area (Å²) in [4.78, 5) is 20.9. The molecule has 0 radical (unpaired) electrons. The number of benzene rings is 2. The van der Waals surface area contributed by atoms with Crippen LogP contribution in [0.5, 0.6) is 0 Å². The first-order valence-electron chi connectivity index (χ1n) is 11.1. The van der Waals surface area contributed by atoms with Crippen molar-refractivity contribution in [2.75, 3.05) is 31.1 Å². The number of carbonyl (C=O) groups is 1. The zero-order valence-electron chi connectivity index (χ0n) is 19.3. The number of rotatable bonds is 7. The first-order chi connectivity index (χ1) is 16.3. The second kappa shape index (κ2) is 10.6. The Hall–Kier alpha value is -2.85. The van der Waals surface area contributed by atoms with Gasteiger partial charge in [-0.05, 0) is 36.3 Å². The van der Waals surface area contributed by atoms with Gasteiger partial charge < -0.3 is 0 Å². The van der Waals surface area contributed by atoms with Crippen molar-refractivity contribution in [1.82, 2.24) is 14.2 Å². The Morgan fingerprint density at radius 2 is 1.82 bits per heavy atom. The summed E-state index contributed by atoms with van der Waals surface area (Å²) in [5.74, 6) is -0.0890. The van der Waals surface area contributed by atoms with Gasteiger partial charge in [-0.15, -0.1) is 11.3 Å². The fourth-order valence-electron chi connectivity index (χ4n) is 3.85. The number of carbonyl (C=O) groups excluding carboxylic acids is 1. The summed E-state index contributed by atoms with van der Waals surface area (Å²) in [6.45, 7) is 6.26. The summed E-state index contributed by atoms with van der Waals surface area (Å²) >= 11 is 1.44. The Kier molecular flexibility index (Phi) is 7.57. The third-order valence-corrected chi connectivity index (χ3v) is 8.05. The van der Waals surface area contributed by atoms with Crippen LogP contribution in [0.3, 0.4) is 0 Å². The number of hydrogen-bond donors (Lipinski definition) is 0. The van der Waals surface area contributed by atoms with Gasteiger partial charge in [0.05, 0.1) is 11.4 Å². The molecule has 0 unspecified atom stereocenters. The number of aromatic nitrogens is 1. The van der Waals surface area contributed by atoms with E-state index in [0.717, 1.165) is 22.5 Å². The Morgan fingerprint density at radius 3 is 2.50 bits per heavy atom. The average molecular weight is 497 g/mol. The van der Waals surface area contributed by atoms with Crippen LogP contribution >= 0.6 is 11.3 Å². The summed E-state index contributed by atoms with van der Waals surface area (Å²) < 4.78 is 26.9. The number of aryl methyl sites for hydroxylation is 1. The van der Waals surface area contributed by atoms with E-state index in [4.69, 9.17) is 4.98 Å². The van der Waals surface area contributed by atoms with E-state index in [9.17, 15) is 13.2 Å². The van der Waals surface area contributed by atoms with Crippen LogP contribution in [0, 0.1) is 6.92 Å². The Balaban J connectivity index is 1.37. The van der Waals surface area contributed by atoms with Crippen LogP contribution in [-0.4, -0.2) is 54.7 Å². The molecule has 3 aromatic rings. The van der Waals surface area contributed by atoms with E-state index < -0.39 is 10.0 Å². The molecular weight excluding hydrogens is 468 g/mol. The quantitative estimate of drug-likeness (QED) is 0.489. The molecule has 7 nitrogen and oxygen atoms in total. The summed E-state index contributed by atoms with van der Waals surface area (Å²) in [6, 6.07) is 17.2. The lowest BCUT2D eigenvalue weighted by Gasteiger charge is -2.32. The van der Waals surface area contributed by atoms with E-state index >= 15 is 0 Å². The lowest BCUT2D eigenvalue weighted by molar-refractivity contribution is -0.115. The van der Waals surface area contributed by atoms with Crippen LogP contribution in [0.2, 0.25) is 0 Å². The van der Waals surface area contributed by atoms with E-state index in [1.54, 1.807) is 11.0 Å². The molecule has 0 atom stereocenters. The number of anilines is 2. The van der Waals surface area contributed by atoms with Crippen molar-refractivity contribution in [2.24, 2.45) is 0 Å². The van der Waals surface area contributed by atoms with Crippen molar-refractivity contribution in [3.05, 3.63) is 82.2 Å². The van der Waals surface area contributed by atoms with Gasteiger partial charge >= 0.3 is 0 Å². The third-order valence-electron chi connectivity index (χ3n) is 5.61.